The minimum absolute atomic E-state index is 0.318. The topological polar surface area (TPSA) is 123 Å². The first-order chi connectivity index (χ1) is 13.5. The van der Waals surface area contributed by atoms with Crippen LogP contribution in [0.2, 0.25) is 0 Å². The van der Waals surface area contributed by atoms with Crippen molar-refractivity contribution in [2.45, 2.75) is 19.4 Å². The Morgan fingerprint density at radius 1 is 1.46 bits per heavy atom. The number of nitrogens with zero attached hydrogens (tertiary/aromatic N) is 3. The standard InChI is InChI=1S/C20H21N5O3/c1-28-10-4-9-25-17-15(18(22)26)7-3-8-16(17)23-20(25)24-19(27)14-6-2-5-13(11-14)12-21/h2-3,6-8,11,13H,4-5,9-10H2,1H3,(H2,22,26)(H,23,24,27). The first-order valence-corrected chi connectivity index (χ1v) is 8.92. The molecule has 1 aliphatic carbocycles. The first kappa shape index (κ1) is 19.3. The van der Waals surface area contributed by atoms with Gasteiger partial charge in [-0.3, -0.25) is 14.9 Å². The molecule has 0 saturated carbocycles. The number of nitrogens with one attached hydrogen (secondary N) is 1. The van der Waals surface area contributed by atoms with Crippen LogP contribution in [0.15, 0.2) is 42.0 Å². The summed E-state index contributed by atoms with van der Waals surface area (Å²) in [4.78, 5) is 29.0. The van der Waals surface area contributed by atoms with Gasteiger partial charge in [0.25, 0.3) is 11.8 Å². The van der Waals surface area contributed by atoms with Crippen molar-refractivity contribution in [3.8, 4) is 6.07 Å². The summed E-state index contributed by atoms with van der Waals surface area (Å²) in [7, 11) is 1.61. The highest BCUT2D eigenvalue weighted by molar-refractivity contribution is 6.08. The Hall–Kier alpha value is -3.44. The Balaban J connectivity index is 1.99. The van der Waals surface area contributed by atoms with Crippen LogP contribution in [0.3, 0.4) is 0 Å². The monoisotopic (exact) mass is 379 g/mol. The molecule has 3 N–H and O–H groups in total. The van der Waals surface area contributed by atoms with Crippen molar-refractivity contribution in [2.24, 2.45) is 11.7 Å². The Kier molecular flexibility index (Phi) is 5.87. The number of nitrogens with two attached hydrogens (primary N) is 1. The number of anilines is 1. The lowest BCUT2D eigenvalue weighted by molar-refractivity contribution is -0.112. The molecule has 8 heteroatoms. The van der Waals surface area contributed by atoms with Gasteiger partial charge in [0.1, 0.15) is 0 Å². The zero-order chi connectivity index (χ0) is 20.1. The molecule has 0 bridgehead atoms. The molecule has 1 atom stereocenters. The van der Waals surface area contributed by atoms with Crippen molar-refractivity contribution < 1.29 is 14.3 Å². The van der Waals surface area contributed by atoms with Gasteiger partial charge in [-0.1, -0.05) is 24.3 Å². The number of allylic oxidation sites excluding steroid dienone is 2. The lowest BCUT2D eigenvalue weighted by Gasteiger charge is -2.13. The zero-order valence-electron chi connectivity index (χ0n) is 15.5. The molecular weight excluding hydrogens is 358 g/mol. The van der Waals surface area contributed by atoms with Crippen molar-refractivity contribution in [3.05, 3.63) is 47.6 Å². The van der Waals surface area contributed by atoms with E-state index in [0.29, 0.717) is 54.1 Å². The number of methoxy groups -OCH3 is 1. The Labute approximate surface area is 162 Å². The summed E-state index contributed by atoms with van der Waals surface area (Å²) in [5.41, 5.74) is 7.40. The fourth-order valence-electron chi connectivity index (χ4n) is 3.16. The number of carbonyl (C=O) groups excluding carboxylic acids is 2. The van der Waals surface area contributed by atoms with Gasteiger partial charge >= 0.3 is 0 Å². The highest BCUT2D eigenvalue weighted by atomic mass is 16.5. The number of rotatable bonds is 7. The molecule has 2 amide bonds. The fourth-order valence-corrected chi connectivity index (χ4v) is 3.16. The number of hydrogen-bond acceptors (Lipinski definition) is 5. The van der Waals surface area contributed by atoms with Crippen LogP contribution in [-0.2, 0) is 16.1 Å². The molecule has 0 saturated heterocycles. The van der Waals surface area contributed by atoms with E-state index in [1.54, 1.807) is 48.1 Å². The number of aromatic nitrogens is 2. The van der Waals surface area contributed by atoms with E-state index < -0.39 is 5.91 Å². The molecule has 2 aromatic rings. The highest BCUT2D eigenvalue weighted by Gasteiger charge is 2.20. The third-order valence-electron chi connectivity index (χ3n) is 4.48. The van der Waals surface area contributed by atoms with Crippen molar-refractivity contribution in [1.82, 2.24) is 9.55 Å². The number of fused-ring (bicyclic) bond motifs is 1. The Bertz CT molecular complexity index is 1010. The normalized spacial score (nSPS) is 15.9. The average Bonchev–Trinajstić information content (AvgIpc) is 3.05. The van der Waals surface area contributed by atoms with Gasteiger partial charge in [0.2, 0.25) is 5.95 Å². The summed E-state index contributed by atoms with van der Waals surface area (Å²) < 4.78 is 6.87. The number of benzene rings is 1. The van der Waals surface area contributed by atoms with E-state index in [-0.39, 0.29) is 11.8 Å². The SMILES string of the molecule is COCCCn1c(NC(=O)C2=CC(C#N)CC=C2)nc2cccc(C(N)=O)c21. The van der Waals surface area contributed by atoms with Crippen molar-refractivity contribution in [1.29, 1.82) is 5.26 Å². The van der Waals surface area contributed by atoms with Crippen molar-refractivity contribution in [3.63, 3.8) is 0 Å². The molecule has 3 rings (SSSR count). The van der Waals surface area contributed by atoms with Crippen LogP contribution < -0.4 is 11.1 Å². The van der Waals surface area contributed by atoms with Crippen molar-refractivity contribution >= 4 is 28.8 Å². The molecule has 0 spiro atoms. The molecule has 1 unspecified atom stereocenters. The maximum absolute atomic E-state index is 12.7. The number of imidazole rings is 1. The van der Waals surface area contributed by atoms with Crippen LogP contribution in [0, 0.1) is 17.2 Å². The maximum atomic E-state index is 12.7. The van der Waals surface area contributed by atoms with E-state index in [2.05, 4.69) is 16.4 Å². The van der Waals surface area contributed by atoms with Crippen LogP contribution in [0.4, 0.5) is 5.95 Å². The second-order valence-corrected chi connectivity index (χ2v) is 6.42. The smallest absolute Gasteiger partial charge is 0.257 e. The van der Waals surface area contributed by atoms with E-state index in [1.807, 2.05) is 0 Å². The minimum atomic E-state index is -0.564. The van der Waals surface area contributed by atoms with E-state index in [4.69, 9.17) is 15.7 Å². The molecule has 0 radical (unpaired) electrons. The van der Waals surface area contributed by atoms with E-state index in [0.717, 1.165) is 0 Å². The van der Waals surface area contributed by atoms with Gasteiger partial charge in [-0.25, -0.2) is 4.98 Å². The molecule has 1 aromatic heterocycles. The summed E-state index contributed by atoms with van der Waals surface area (Å²) in [6.07, 6.45) is 6.38. The van der Waals surface area contributed by atoms with E-state index >= 15 is 0 Å². The molecule has 1 aromatic carbocycles. The lowest BCUT2D eigenvalue weighted by atomic mass is 9.97. The van der Waals surface area contributed by atoms with Gasteiger partial charge in [0.15, 0.2) is 0 Å². The average molecular weight is 379 g/mol. The van der Waals surface area contributed by atoms with Crippen LogP contribution in [-0.4, -0.2) is 35.1 Å². The number of aryl methyl sites for hydroxylation is 1. The van der Waals surface area contributed by atoms with Crippen LogP contribution in [0.1, 0.15) is 23.2 Å². The molecule has 1 aliphatic rings. The molecule has 8 nitrogen and oxygen atoms in total. The van der Waals surface area contributed by atoms with Crippen LogP contribution in [0.5, 0.6) is 0 Å². The van der Waals surface area contributed by atoms with E-state index in [9.17, 15) is 9.59 Å². The minimum Gasteiger partial charge on any atom is -0.385 e. The summed E-state index contributed by atoms with van der Waals surface area (Å²) in [6.45, 7) is 1.00. The molecule has 28 heavy (non-hydrogen) atoms. The third kappa shape index (κ3) is 3.94. The van der Waals surface area contributed by atoms with Gasteiger partial charge in [-0.2, -0.15) is 5.26 Å². The van der Waals surface area contributed by atoms with Gasteiger partial charge in [-0.05, 0) is 25.0 Å². The zero-order valence-corrected chi connectivity index (χ0v) is 15.5. The van der Waals surface area contributed by atoms with E-state index in [1.165, 1.54) is 0 Å². The predicted octanol–water partition coefficient (Wildman–Crippen LogP) is 2.14. The quantitative estimate of drug-likeness (QED) is 0.714. The summed E-state index contributed by atoms with van der Waals surface area (Å²) in [6, 6.07) is 7.24. The summed E-state index contributed by atoms with van der Waals surface area (Å²) in [5.74, 6) is -0.933. The number of amides is 2. The molecule has 144 valence electrons. The Morgan fingerprint density at radius 2 is 2.29 bits per heavy atom. The summed E-state index contributed by atoms with van der Waals surface area (Å²) in [5, 5.41) is 11.9. The maximum Gasteiger partial charge on any atom is 0.257 e. The second-order valence-electron chi connectivity index (χ2n) is 6.42. The van der Waals surface area contributed by atoms with Crippen LogP contribution in [0.25, 0.3) is 11.0 Å². The summed E-state index contributed by atoms with van der Waals surface area (Å²) >= 11 is 0. The number of carbonyl (C=O) groups is 2. The fraction of sp³-hybridized carbons (Fsp3) is 0.300. The number of nitriles is 1. The van der Waals surface area contributed by atoms with Gasteiger partial charge < -0.3 is 15.0 Å². The second kappa shape index (κ2) is 8.50. The molecule has 0 aliphatic heterocycles. The van der Waals surface area contributed by atoms with Gasteiger partial charge in [0.05, 0.1) is 28.6 Å². The van der Waals surface area contributed by atoms with Gasteiger partial charge in [0, 0.05) is 25.8 Å². The van der Waals surface area contributed by atoms with Crippen LogP contribution >= 0.6 is 0 Å². The van der Waals surface area contributed by atoms with Crippen molar-refractivity contribution in [2.75, 3.05) is 19.0 Å². The van der Waals surface area contributed by atoms with Gasteiger partial charge in [-0.15, -0.1) is 0 Å². The number of para-hydroxylation sites is 1. The molecular formula is C20H21N5O3. The number of primary amides is 1. The predicted molar refractivity (Wildman–Crippen MR) is 104 cm³/mol. The number of ether oxygens (including phenoxy) is 1. The third-order valence-corrected chi connectivity index (χ3v) is 4.48. The first-order valence-electron chi connectivity index (χ1n) is 8.92. The molecule has 0 fully saturated rings. The lowest BCUT2D eigenvalue weighted by Crippen LogP contribution is -2.20. The highest BCUT2D eigenvalue weighted by Crippen LogP contribution is 2.25. The Morgan fingerprint density at radius 3 is 3.00 bits per heavy atom. The largest absolute Gasteiger partial charge is 0.385 e. The molecule has 1 heterocycles. The number of hydrogen-bond donors (Lipinski definition) is 2.